The minimum absolute atomic E-state index is 0.0886. The van der Waals surface area contributed by atoms with Gasteiger partial charge in [0.05, 0.1) is 5.69 Å². The van der Waals surface area contributed by atoms with E-state index in [1.54, 1.807) is 6.20 Å². The average Bonchev–Trinajstić information content (AvgIpc) is 3.02. The third kappa shape index (κ3) is 4.22. The Morgan fingerprint density at radius 3 is 2.89 bits per heavy atom. The molecular formula is C20H20IN5O2. The minimum Gasteiger partial charge on any atom is -0.320 e. The Morgan fingerprint density at radius 1 is 1.32 bits per heavy atom. The zero-order chi connectivity index (χ0) is 19.5. The number of nitrogens with zero attached hydrogens (tertiary/aromatic N) is 3. The van der Waals surface area contributed by atoms with Crippen molar-refractivity contribution in [1.82, 2.24) is 15.3 Å². The van der Waals surface area contributed by atoms with Crippen LogP contribution in [0, 0.1) is 9.49 Å². The van der Waals surface area contributed by atoms with Crippen molar-refractivity contribution in [2.45, 2.75) is 19.4 Å². The fraction of sp³-hybridized carbons (Fsp3) is 0.300. The van der Waals surface area contributed by atoms with Gasteiger partial charge in [-0.1, -0.05) is 6.07 Å². The van der Waals surface area contributed by atoms with Gasteiger partial charge in [0.25, 0.3) is 5.91 Å². The zero-order valence-corrected chi connectivity index (χ0v) is 17.3. The molecule has 0 aliphatic carbocycles. The van der Waals surface area contributed by atoms with Gasteiger partial charge in [-0.3, -0.25) is 19.5 Å². The van der Waals surface area contributed by atoms with Crippen molar-refractivity contribution < 1.29 is 9.59 Å². The highest BCUT2D eigenvalue weighted by Gasteiger charge is 2.28. The summed E-state index contributed by atoms with van der Waals surface area (Å²) in [5.74, 6) is -0.502. The number of hydrazone groups is 1. The molecule has 1 aromatic heterocycles. The number of anilines is 1. The van der Waals surface area contributed by atoms with Crippen molar-refractivity contribution >= 4 is 45.8 Å². The van der Waals surface area contributed by atoms with Gasteiger partial charge in [-0.05, 0) is 78.4 Å². The number of halogens is 1. The predicted octanol–water partition coefficient (Wildman–Crippen LogP) is 2.37. The highest BCUT2D eigenvalue weighted by molar-refractivity contribution is 14.1. The number of pyridine rings is 1. The zero-order valence-electron chi connectivity index (χ0n) is 15.2. The van der Waals surface area contributed by atoms with E-state index < -0.39 is 0 Å². The number of rotatable bonds is 4. The number of carbonyl (C=O) groups is 2. The molecule has 8 heteroatoms. The molecule has 0 saturated carbocycles. The molecule has 0 spiro atoms. The number of benzene rings is 1. The lowest BCUT2D eigenvalue weighted by Crippen LogP contribution is -2.39. The molecule has 0 radical (unpaired) electrons. The summed E-state index contributed by atoms with van der Waals surface area (Å²) in [6.45, 7) is 2.55. The first-order chi connectivity index (χ1) is 13.6. The van der Waals surface area contributed by atoms with Crippen LogP contribution in [0.4, 0.5) is 5.69 Å². The van der Waals surface area contributed by atoms with Crippen LogP contribution in [0.25, 0.3) is 0 Å². The lowest BCUT2D eigenvalue weighted by Gasteiger charge is -2.30. The third-order valence-corrected chi connectivity index (χ3v) is 5.74. The summed E-state index contributed by atoms with van der Waals surface area (Å²) in [5, 5.41) is 6.90. The number of amides is 2. The number of hydrogen-bond acceptors (Lipinski definition) is 5. The standard InChI is InChI=1S/C20H20IN5O2/c21-15-3-4-17-16(10-15)18(20(28)23-17)24-25-19(27)14-5-8-26(9-6-14)12-13-2-1-7-22-11-13/h1-4,7,10-11,14H,5-6,8-9,12H2,(H,25,27)(H,23,24,28). The minimum atomic E-state index is -0.288. The van der Waals surface area contributed by atoms with Gasteiger partial charge in [0, 0.05) is 34.0 Å². The molecule has 2 N–H and O–H groups in total. The third-order valence-electron chi connectivity index (χ3n) is 5.07. The maximum Gasteiger partial charge on any atom is 0.276 e. The summed E-state index contributed by atoms with van der Waals surface area (Å²) in [7, 11) is 0. The normalized spacial score (nSPS) is 18.8. The Labute approximate surface area is 176 Å². The molecule has 0 bridgehead atoms. The molecule has 0 atom stereocenters. The van der Waals surface area contributed by atoms with E-state index in [4.69, 9.17) is 0 Å². The summed E-state index contributed by atoms with van der Waals surface area (Å²) in [6, 6.07) is 9.65. The first kappa shape index (κ1) is 19.0. The fourth-order valence-corrected chi connectivity index (χ4v) is 4.03. The number of hydrogen-bond donors (Lipinski definition) is 2. The van der Waals surface area contributed by atoms with E-state index >= 15 is 0 Å². The van der Waals surface area contributed by atoms with E-state index in [1.807, 2.05) is 30.5 Å². The number of carbonyl (C=O) groups excluding carboxylic acids is 2. The van der Waals surface area contributed by atoms with Crippen LogP contribution in [0.3, 0.4) is 0 Å². The van der Waals surface area contributed by atoms with E-state index in [0.29, 0.717) is 0 Å². The maximum atomic E-state index is 12.5. The molecule has 1 saturated heterocycles. The fourth-order valence-electron chi connectivity index (χ4n) is 3.54. The average molecular weight is 489 g/mol. The molecule has 2 aliphatic rings. The van der Waals surface area contributed by atoms with Crippen LogP contribution in [0.1, 0.15) is 24.0 Å². The van der Waals surface area contributed by atoms with E-state index in [2.05, 4.69) is 54.4 Å². The highest BCUT2D eigenvalue weighted by Crippen LogP contribution is 2.25. The number of likely N-dealkylation sites (tertiary alicyclic amines) is 1. The number of piperidine rings is 1. The Morgan fingerprint density at radius 2 is 2.14 bits per heavy atom. The van der Waals surface area contributed by atoms with Crippen LogP contribution >= 0.6 is 22.6 Å². The molecule has 28 heavy (non-hydrogen) atoms. The van der Waals surface area contributed by atoms with Gasteiger partial charge in [0.2, 0.25) is 5.91 Å². The SMILES string of the molecule is O=C1Nc2ccc(I)cc2/C1=N\NC(=O)C1CCN(Cc2cccnc2)CC1. The molecule has 144 valence electrons. The van der Waals surface area contributed by atoms with Gasteiger partial charge < -0.3 is 5.32 Å². The summed E-state index contributed by atoms with van der Waals surface area (Å²) < 4.78 is 1.01. The van der Waals surface area contributed by atoms with Crippen LogP contribution in [0.15, 0.2) is 47.8 Å². The predicted molar refractivity (Wildman–Crippen MR) is 115 cm³/mol. The molecule has 2 aliphatic heterocycles. The Bertz CT molecular complexity index is 923. The molecule has 4 rings (SSSR count). The van der Waals surface area contributed by atoms with Crippen molar-refractivity contribution in [3.63, 3.8) is 0 Å². The van der Waals surface area contributed by atoms with E-state index in [-0.39, 0.29) is 23.4 Å². The van der Waals surface area contributed by atoms with Crippen molar-refractivity contribution in [1.29, 1.82) is 0 Å². The van der Waals surface area contributed by atoms with Crippen LogP contribution < -0.4 is 10.7 Å². The second-order valence-electron chi connectivity index (χ2n) is 6.99. The van der Waals surface area contributed by atoms with E-state index in [1.165, 1.54) is 5.56 Å². The lowest BCUT2D eigenvalue weighted by molar-refractivity contribution is -0.126. The monoisotopic (exact) mass is 489 g/mol. The summed E-state index contributed by atoms with van der Waals surface area (Å²) in [5.41, 5.74) is 5.49. The molecule has 3 heterocycles. The van der Waals surface area contributed by atoms with Gasteiger partial charge in [0.15, 0.2) is 5.71 Å². The molecule has 2 amide bonds. The first-order valence-electron chi connectivity index (χ1n) is 9.20. The quantitative estimate of drug-likeness (QED) is 0.510. The van der Waals surface area contributed by atoms with Crippen LogP contribution in [0.5, 0.6) is 0 Å². The van der Waals surface area contributed by atoms with Crippen LogP contribution in [0.2, 0.25) is 0 Å². The van der Waals surface area contributed by atoms with Crippen molar-refractivity contribution in [2.24, 2.45) is 11.0 Å². The molecular weight excluding hydrogens is 469 g/mol. The number of nitrogens with one attached hydrogen (secondary N) is 2. The second-order valence-corrected chi connectivity index (χ2v) is 8.24. The summed E-state index contributed by atoms with van der Waals surface area (Å²) in [4.78, 5) is 31.1. The number of fused-ring (bicyclic) bond motifs is 1. The van der Waals surface area contributed by atoms with Crippen molar-refractivity contribution in [2.75, 3.05) is 18.4 Å². The van der Waals surface area contributed by atoms with Gasteiger partial charge in [0.1, 0.15) is 0 Å². The molecule has 7 nitrogen and oxygen atoms in total. The number of aromatic nitrogens is 1. The second kappa shape index (κ2) is 8.36. The first-order valence-corrected chi connectivity index (χ1v) is 10.3. The molecule has 2 aromatic rings. The van der Waals surface area contributed by atoms with Gasteiger partial charge in [-0.15, -0.1) is 0 Å². The van der Waals surface area contributed by atoms with Crippen LogP contribution in [-0.4, -0.2) is 40.5 Å². The largest absolute Gasteiger partial charge is 0.320 e. The highest BCUT2D eigenvalue weighted by atomic mass is 127. The Balaban J connectivity index is 1.34. The topological polar surface area (TPSA) is 86.7 Å². The van der Waals surface area contributed by atoms with E-state index in [0.717, 1.165) is 47.3 Å². The van der Waals surface area contributed by atoms with Gasteiger partial charge in [-0.2, -0.15) is 5.10 Å². The molecule has 0 unspecified atom stereocenters. The van der Waals surface area contributed by atoms with Crippen molar-refractivity contribution in [3.8, 4) is 0 Å². The summed E-state index contributed by atoms with van der Waals surface area (Å²) >= 11 is 2.19. The van der Waals surface area contributed by atoms with Crippen molar-refractivity contribution in [3.05, 3.63) is 57.4 Å². The van der Waals surface area contributed by atoms with E-state index in [9.17, 15) is 9.59 Å². The molecule has 1 aromatic carbocycles. The lowest BCUT2D eigenvalue weighted by atomic mass is 9.96. The Hall–Kier alpha value is -2.33. The maximum absolute atomic E-state index is 12.5. The Kier molecular flexibility index (Phi) is 5.67. The van der Waals surface area contributed by atoms with Gasteiger partial charge in [-0.25, -0.2) is 5.43 Å². The van der Waals surface area contributed by atoms with Crippen LogP contribution in [-0.2, 0) is 16.1 Å². The summed E-state index contributed by atoms with van der Waals surface area (Å²) in [6.07, 6.45) is 5.20. The van der Waals surface area contributed by atoms with Gasteiger partial charge >= 0.3 is 0 Å². The smallest absolute Gasteiger partial charge is 0.276 e. The molecule has 1 fully saturated rings.